The number of methoxy groups -OCH3 is 1. The van der Waals surface area contributed by atoms with Crippen LogP contribution in [0.25, 0.3) is 6.08 Å². The average molecular weight is 485 g/mol. The number of hydrazone groups is 1. The van der Waals surface area contributed by atoms with Crippen LogP contribution in [0, 0.1) is 12.3 Å². The number of sulfone groups is 1. The first-order chi connectivity index (χ1) is 15.7. The van der Waals surface area contributed by atoms with Crippen molar-refractivity contribution in [3.8, 4) is 11.5 Å². The summed E-state index contributed by atoms with van der Waals surface area (Å²) in [6.45, 7) is 2.38. The number of carbonyl (C=O) groups excluding carboxylic acids is 1. The molecule has 0 radical (unpaired) electrons. The largest absolute Gasteiger partial charge is 0.493 e. The van der Waals surface area contributed by atoms with Gasteiger partial charge in [-0.1, -0.05) is 35.9 Å². The molecule has 0 atom stereocenters. The molecule has 4 rings (SSSR count). The highest BCUT2D eigenvalue weighted by Crippen LogP contribution is 2.32. The summed E-state index contributed by atoms with van der Waals surface area (Å²) in [5.41, 5.74) is 2.73. The fourth-order valence-corrected chi connectivity index (χ4v) is 4.83. The Labute approximate surface area is 195 Å². The highest BCUT2D eigenvalue weighted by atomic mass is 32.3. The fourth-order valence-electron chi connectivity index (χ4n) is 3.15. The van der Waals surface area contributed by atoms with Crippen LogP contribution in [0.5, 0.6) is 11.5 Å². The number of fused-ring (bicyclic) bond motifs is 1. The molecule has 2 aromatic carbocycles. The third-order valence-electron chi connectivity index (χ3n) is 4.73. The van der Waals surface area contributed by atoms with Gasteiger partial charge in [0, 0.05) is 6.26 Å². The monoisotopic (exact) mass is 484 g/mol. The smallest absolute Gasteiger partial charge is 0.283 e. The summed E-state index contributed by atoms with van der Waals surface area (Å²) in [7, 11) is -2.07. The van der Waals surface area contributed by atoms with Gasteiger partial charge in [0.2, 0.25) is 19.4 Å². The van der Waals surface area contributed by atoms with Crippen molar-refractivity contribution in [2.45, 2.75) is 13.5 Å². The molecule has 0 spiro atoms. The maximum Gasteiger partial charge on any atom is 0.283 e. The molecule has 2 aliphatic rings. The minimum absolute atomic E-state index is 0.0201. The zero-order valence-corrected chi connectivity index (χ0v) is 19.7. The van der Waals surface area contributed by atoms with Gasteiger partial charge in [0.05, 0.1) is 12.7 Å². The molecule has 2 aromatic rings. The van der Waals surface area contributed by atoms with Crippen LogP contribution in [0.15, 0.2) is 58.1 Å². The average Bonchev–Trinajstić information content (AvgIpc) is 3.20. The van der Waals surface area contributed by atoms with Gasteiger partial charge >= 0.3 is 0 Å². The predicted molar refractivity (Wildman–Crippen MR) is 128 cm³/mol. The van der Waals surface area contributed by atoms with Crippen molar-refractivity contribution in [1.29, 1.82) is 5.41 Å². The number of amidine groups is 2. The van der Waals surface area contributed by atoms with Crippen LogP contribution < -0.4 is 9.47 Å². The number of aliphatic imine (C=N–C) groups is 1. The number of hydrogen-bond acceptors (Lipinski definition) is 8. The number of ether oxygens (including phenoxy) is 2. The Kier molecular flexibility index (Phi) is 6.09. The van der Waals surface area contributed by atoms with Gasteiger partial charge in [-0.25, -0.2) is 8.42 Å². The van der Waals surface area contributed by atoms with Gasteiger partial charge in [0.15, 0.2) is 17.3 Å². The van der Waals surface area contributed by atoms with Gasteiger partial charge in [0.1, 0.15) is 6.61 Å². The standard InChI is InChI=1S/C22H20N4O5S2/c1-13-5-4-6-15(9-13)12-31-17-8-7-14(11-18(17)30-2)10-16-19(23)26-21(24-20(16)27)32-22(25-26)33(3,28)29/h4-11,23H,12H2,1-3H3/b16-10-,23-19?. The molecule has 2 aliphatic heterocycles. The summed E-state index contributed by atoms with van der Waals surface area (Å²) in [4.78, 5) is 16.4. The van der Waals surface area contributed by atoms with E-state index in [-0.39, 0.29) is 21.0 Å². The molecular weight excluding hydrogens is 464 g/mol. The Hall–Kier alpha value is -3.44. The van der Waals surface area contributed by atoms with Gasteiger partial charge in [0.25, 0.3) is 5.91 Å². The van der Waals surface area contributed by atoms with Crippen LogP contribution in [-0.4, -0.2) is 48.1 Å². The Morgan fingerprint density at radius 3 is 2.67 bits per heavy atom. The second-order valence-electron chi connectivity index (χ2n) is 7.35. The molecule has 0 aromatic heterocycles. The number of nitrogens with zero attached hydrogens (tertiary/aromatic N) is 3. The van der Waals surface area contributed by atoms with Crippen molar-refractivity contribution < 1.29 is 22.7 Å². The molecule has 11 heteroatoms. The Morgan fingerprint density at radius 2 is 1.97 bits per heavy atom. The van der Waals surface area contributed by atoms with E-state index in [0.717, 1.165) is 34.2 Å². The number of benzene rings is 2. The highest BCUT2D eigenvalue weighted by Gasteiger charge is 2.38. The van der Waals surface area contributed by atoms with Crippen LogP contribution in [0.1, 0.15) is 16.7 Å². The van der Waals surface area contributed by atoms with E-state index in [1.165, 1.54) is 13.2 Å². The molecule has 0 fully saturated rings. The van der Waals surface area contributed by atoms with Crippen molar-refractivity contribution in [2.24, 2.45) is 10.1 Å². The summed E-state index contributed by atoms with van der Waals surface area (Å²) in [5.74, 6) is 0.0901. The lowest BCUT2D eigenvalue weighted by Gasteiger charge is -2.20. The third-order valence-corrected chi connectivity index (χ3v) is 7.31. The van der Waals surface area contributed by atoms with E-state index in [2.05, 4.69) is 10.1 Å². The highest BCUT2D eigenvalue weighted by molar-refractivity contribution is 8.42. The number of nitrogens with one attached hydrogen (secondary N) is 1. The number of amides is 1. The minimum atomic E-state index is -3.59. The number of rotatable bonds is 5. The molecule has 0 bridgehead atoms. The van der Waals surface area contributed by atoms with E-state index in [0.29, 0.717) is 23.7 Å². The van der Waals surface area contributed by atoms with E-state index < -0.39 is 15.7 Å². The summed E-state index contributed by atoms with van der Waals surface area (Å²) in [6.07, 6.45) is 2.49. The van der Waals surface area contributed by atoms with Crippen LogP contribution in [0.2, 0.25) is 0 Å². The first-order valence-corrected chi connectivity index (χ1v) is 12.4. The van der Waals surface area contributed by atoms with E-state index >= 15 is 0 Å². The normalized spacial score (nSPS) is 17.1. The van der Waals surface area contributed by atoms with E-state index in [4.69, 9.17) is 14.9 Å². The lowest BCUT2D eigenvalue weighted by atomic mass is 10.1. The minimum Gasteiger partial charge on any atom is -0.493 e. The molecule has 0 aliphatic carbocycles. The molecule has 33 heavy (non-hydrogen) atoms. The number of thioether (sulfide) groups is 1. The quantitative estimate of drug-likeness (QED) is 0.647. The fraction of sp³-hybridized carbons (Fsp3) is 0.182. The van der Waals surface area contributed by atoms with Gasteiger partial charge in [-0.05, 0) is 48.0 Å². The Morgan fingerprint density at radius 1 is 1.18 bits per heavy atom. The maximum absolute atomic E-state index is 12.5. The second-order valence-corrected chi connectivity index (χ2v) is 10.5. The molecular formula is C22H20N4O5S2. The van der Waals surface area contributed by atoms with Crippen molar-refractivity contribution in [3.05, 3.63) is 64.7 Å². The molecule has 0 saturated carbocycles. The van der Waals surface area contributed by atoms with Crippen molar-refractivity contribution in [1.82, 2.24) is 5.01 Å². The topological polar surface area (TPSA) is 121 Å². The summed E-state index contributed by atoms with van der Waals surface area (Å²) in [6, 6.07) is 13.1. The SMILES string of the molecule is COc1cc(/C=C2/C(=N)N3N=C(S(C)(=O)=O)SC3=NC2=O)ccc1OCc1cccc(C)c1. The van der Waals surface area contributed by atoms with Crippen LogP contribution >= 0.6 is 11.8 Å². The molecule has 0 saturated heterocycles. The van der Waals surface area contributed by atoms with Crippen LogP contribution in [-0.2, 0) is 21.2 Å². The zero-order chi connectivity index (χ0) is 23.8. The van der Waals surface area contributed by atoms with E-state index in [1.807, 2.05) is 31.2 Å². The number of aryl methyl sites for hydroxylation is 1. The van der Waals surface area contributed by atoms with Crippen molar-refractivity contribution >= 4 is 49.0 Å². The van der Waals surface area contributed by atoms with E-state index in [1.54, 1.807) is 18.2 Å². The van der Waals surface area contributed by atoms with Gasteiger partial charge < -0.3 is 9.47 Å². The van der Waals surface area contributed by atoms with Crippen molar-refractivity contribution in [2.75, 3.05) is 13.4 Å². The number of hydrogen-bond donors (Lipinski definition) is 1. The second kappa shape index (κ2) is 8.83. The van der Waals surface area contributed by atoms with Gasteiger partial charge in [-0.2, -0.15) is 10.0 Å². The summed E-state index contributed by atoms with van der Waals surface area (Å²) < 4.78 is 34.7. The van der Waals surface area contributed by atoms with Crippen molar-refractivity contribution in [3.63, 3.8) is 0 Å². The first kappa shape index (κ1) is 22.7. The molecule has 9 nitrogen and oxygen atoms in total. The molecule has 170 valence electrons. The zero-order valence-electron chi connectivity index (χ0n) is 18.0. The Bertz CT molecular complexity index is 1360. The summed E-state index contributed by atoms with van der Waals surface area (Å²) >= 11 is 0.742. The number of carbonyl (C=O) groups is 1. The molecule has 1 N–H and O–H groups in total. The summed E-state index contributed by atoms with van der Waals surface area (Å²) in [5, 5.41) is 13.4. The predicted octanol–water partition coefficient (Wildman–Crippen LogP) is 3.20. The van der Waals surface area contributed by atoms with E-state index in [9.17, 15) is 13.2 Å². The van der Waals surface area contributed by atoms with Crippen LogP contribution in [0.3, 0.4) is 0 Å². The van der Waals surface area contributed by atoms with Gasteiger partial charge in [-0.3, -0.25) is 10.2 Å². The van der Waals surface area contributed by atoms with Crippen LogP contribution in [0.4, 0.5) is 0 Å². The first-order valence-electron chi connectivity index (χ1n) is 9.72. The third kappa shape index (κ3) is 4.83. The molecule has 2 heterocycles. The lowest BCUT2D eigenvalue weighted by Crippen LogP contribution is -2.35. The molecule has 1 amide bonds. The molecule has 0 unspecified atom stereocenters. The Balaban J connectivity index is 1.58. The maximum atomic E-state index is 12.5. The van der Waals surface area contributed by atoms with Gasteiger partial charge in [-0.15, -0.1) is 5.10 Å². The lowest BCUT2D eigenvalue weighted by molar-refractivity contribution is -0.114.